The lowest BCUT2D eigenvalue weighted by Crippen LogP contribution is -2.60. The summed E-state index contributed by atoms with van der Waals surface area (Å²) >= 11 is 0. The lowest BCUT2D eigenvalue weighted by molar-refractivity contribution is -0.185. The van der Waals surface area contributed by atoms with Gasteiger partial charge in [-0.15, -0.1) is 0 Å². The van der Waals surface area contributed by atoms with Crippen molar-refractivity contribution in [2.75, 3.05) is 19.8 Å². The van der Waals surface area contributed by atoms with Crippen molar-refractivity contribution in [3.8, 4) is 0 Å². The van der Waals surface area contributed by atoms with Crippen LogP contribution in [0.3, 0.4) is 0 Å². The fourth-order valence-electron chi connectivity index (χ4n) is 3.97. The number of carbonyl (C=O) groups is 1. The molecule has 118 valence electrons. The van der Waals surface area contributed by atoms with Gasteiger partial charge >= 0.3 is 0 Å². The van der Waals surface area contributed by atoms with Crippen LogP contribution in [-0.4, -0.2) is 41.8 Å². The minimum absolute atomic E-state index is 0.168. The van der Waals surface area contributed by atoms with Gasteiger partial charge in [-0.2, -0.15) is 0 Å². The fraction of sp³-hybridized carbons (Fsp3) is 0.562. The SMILES string of the molecule is O=C(NO)c1cc(F)c2c(c1)CCN(C1CC3(COC3)C1)C2. The van der Waals surface area contributed by atoms with E-state index >= 15 is 0 Å². The molecule has 3 aliphatic rings. The van der Waals surface area contributed by atoms with E-state index in [9.17, 15) is 9.18 Å². The number of nitrogens with one attached hydrogen (secondary N) is 1. The lowest BCUT2D eigenvalue weighted by atomic mass is 9.63. The van der Waals surface area contributed by atoms with Crippen molar-refractivity contribution in [2.24, 2.45) is 5.41 Å². The minimum Gasteiger partial charge on any atom is -0.380 e. The standard InChI is InChI=1S/C16H19FN2O3/c17-14-4-11(15(20)18-21)3-10-1-2-19(7-13(10)14)12-5-16(6-12)8-22-9-16/h3-4,12,21H,1-2,5-9H2,(H,18,20). The summed E-state index contributed by atoms with van der Waals surface area (Å²) in [6.45, 7) is 3.24. The van der Waals surface area contributed by atoms with Crippen LogP contribution in [0.5, 0.6) is 0 Å². The van der Waals surface area contributed by atoms with Gasteiger partial charge in [0.05, 0.1) is 13.2 Å². The van der Waals surface area contributed by atoms with E-state index in [0.29, 0.717) is 23.6 Å². The maximum atomic E-state index is 14.3. The third kappa shape index (κ3) is 2.14. The molecular formula is C16H19FN2O3. The maximum absolute atomic E-state index is 14.3. The Bertz CT molecular complexity index is 622. The van der Waals surface area contributed by atoms with E-state index in [0.717, 1.165) is 44.6 Å². The van der Waals surface area contributed by atoms with Crippen LogP contribution < -0.4 is 5.48 Å². The number of hydrogen-bond acceptors (Lipinski definition) is 4. The van der Waals surface area contributed by atoms with Crippen LogP contribution in [0.4, 0.5) is 4.39 Å². The first-order chi connectivity index (χ1) is 10.6. The Hall–Kier alpha value is -1.50. The summed E-state index contributed by atoms with van der Waals surface area (Å²) in [7, 11) is 0. The number of fused-ring (bicyclic) bond motifs is 1. The second-order valence-corrected chi connectivity index (χ2v) is 6.81. The second-order valence-electron chi connectivity index (χ2n) is 6.81. The van der Waals surface area contributed by atoms with Crippen LogP contribution in [0.2, 0.25) is 0 Å². The zero-order valence-electron chi connectivity index (χ0n) is 12.3. The third-order valence-corrected chi connectivity index (χ3v) is 5.35. The van der Waals surface area contributed by atoms with Crippen molar-refractivity contribution in [3.63, 3.8) is 0 Å². The third-order valence-electron chi connectivity index (χ3n) is 5.35. The highest BCUT2D eigenvalue weighted by Crippen LogP contribution is 2.49. The highest BCUT2D eigenvalue weighted by Gasteiger charge is 2.51. The van der Waals surface area contributed by atoms with Crippen molar-refractivity contribution in [1.29, 1.82) is 0 Å². The van der Waals surface area contributed by atoms with E-state index in [1.165, 1.54) is 6.07 Å². The summed E-state index contributed by atoms with van der Waals surface area (Å²) in [5.41, 5.74) is 3.69. The number of nitrogens with zero attached hydrogens (tertiary/aromatic N) is 1. The molecule has 0 unspecified atom stereocenters. The number of hydroxylamine groups is 1. The first-order valence-electron chi connectivity index (χ1n) is 7.68. The molecule has 22 heavy (non-hydrogen) atoms. The molecule has 0 radical (unpaired) electrons. The predicted octanol–water partition coefficient (Wildman–Crippen LogP) is 1.48. The fourth-order valence-corrected chi connectivity index (χ4v) is 3.97. The molecular weight excluding hydrogens is 287 g/mol. The zero-order chi connectivity index (χ0) is 15.3. The Morgan fingerprint density at radius 2 is 2.18 bits per heavy atom. The van der Waals surface area contributed by atoms with Crippen LogP contribution in [0.1, 0.15) is 34.3 Å². The Morgan fingerprint density at radius 1 is 1.41 bits per heavy atom. The predicted molar refractivity (Wildman–Crippen MR) is 76.0 cm³/mol. The summed E-state index contributed by atoms with van der Waals surface area (Å²) < 4.78 is 19.6. The van der Waals surface area contributed by atoms with Gasteiger partial charge in [0.15, 0.2) is 0 Å². The number of rotatable bonds is 2. The number of halogens is 1. The summed E-state index contributed by atoms with van der Waals surface area (Å²) in [5, 5.41) is 8.68. The molecule has 1 aliphatic carbocycles. The summed E-state index contributed by atoms with van der Waals surface area (Å²) in [6.07, 6.45) is 3.03. The largest absolute Gasteiger partial charge is 0.380 e. The molecule has 4 rings (SSSR count). The molecule has 2 fully saturated rings. The van der Waals surface area contributed by atoms with Gasteiger partial charge in [-0.3, -0.25) is 14.9 Å². The Kier molecular flexibility index (Phi) is 3.21. The topological polar surface area (TPSA) is 61.8 Å². The van der Waals surface area contributed by atoms with Crippen molar-refractivity contribution >= 4 is 5.91 Å². The van der Waals surface area contributed by atoms with Gasteiger partial charge < -0.3 is 4.74 Å². The van der Waals surface area contributed by atoms with Gasteiger partial charge in [0.2, 0.25) is 0 Å². The zero-order valence-corrected chi connectivity index (χ0v) is 12.3. The van der Waals surface area contributed by atoms with Gasteiger partial charge in [-0.1, -0.05) is 0 Å². The van der Waals surface area contributed by atoms with Crippen molar-refractivity contribution < 1.29 is 19.1 Å². The van der Waals surface area contributed by atoms with Crippen LogP contribution in [0.25, 0.3) is 0 Å². The molecule has 1 spiro atoms. The lowest BCUT2D eigenvalue weighted by Gasteiger charge is -2.56. The maximum Gasteiger partial charge on any atom is 0.274 e. The average molecular weight is 306 g/mol. The molecule has 0 bridgehead atoms. The van der Waals surface area contributed by atoms with Gasteiger partial charge in [-0.25, -0.2) is 9.87 Å². The van der Waals surface area contributed by atoms with Crippen molar-refractivity contribution in [2.45, 2.75) is 31.8 Å². The highest BCUT2D eigenvalue weighted by molar-refractivity contribution is 5.93. The van der Waals surface area contributed by atoms with Crippen LogP contribution in [-0.2, 0) is 17.7 Å². The first kappa shape index (κ1) is 14.1. The minimum atomic E-state index is -0.671. The Labute approximate surface area is 128 Å². The van der Waals surface area contributed by atoms with Crippen molar-refractivity contribution in [3.05, 3.63) is 34.6 Å². The van der Waals surface area contributed by atoms with Crippen LogP contribution in [0, 0.1) is 11.2 Å². The molecule has 6 heteroatoms. The van der Waals surface area contributed by atoms with Gasteiger partial charge in [0.1, 0.15) is 5.82 Å². The molecule has 1 aromatic rings. The Morgan fingerprint density at radius 3 is 2.82 bits per heavy atom. The number of benzene rings is 1. The summed E-state index contributed by atoms with van der Waals surface area (Å²) in [6, 6.07) is 3.41. The number of carbonyl (C=O) groups excluding carboxylic acids is 1. The molecule has 5 nitrogen and oxygen atoms in total. The highest BCUT2D eigenvalue weighted by atomic mass is 19.1. The van der Waals surface area contributed by atoms with E-state index in [-0.39, 0.29) is 11.4 Å². The molecule has 1 saturated carbocycles. The van der Waals surface area contributed by atoms with E-state index in [1.807, 2.05) is 0 Å². The molecule has 1 saturated heterocycles. The van der Waals surface area contributed by atoms with E-state index in [2.05, 4.69) is 4.90 Å². The molecule has 1 amide bonds. The number of ether oxygens (including phenoxy) is 1. The normalized spacial score (nSPS) is 23.5. The smallest absolute Gasteiger partial charge is 0.274 e. The molecule has 0 aromatic heterocycles. The van der Waals surface area contributed by atoms with Gasteiger partial charge in [-0.05, 0) is 37.0 Å². The monoisotopic (exact) mass is 306 g/mol. The van der Waals surface area contributed by atoms with Gasteiger partial charge in [0, 0.05) is 35.7 Å². The Balaban J connectivity index is 1.50. The average Bonchev–Trinajstić information content (AvgIpc) is 2.43. The van der Waals surface area contributed by atoms with Crippen LogP contribution in [0.15, 0.2) is 12.1 Å². The molecule has 1 aromatic carbocycles. The number of hydrogen-bond donors (Lipinski definition) is 2. The van der Waals surface area contributed by atoms with Crippen LogP contribution >= 0.6 is 0 Å². The first-order valence-corrected chi connectivity index (χ1v) is 7.68. The van der Waals surface area contributed by atoms with Crippen molar-refractivity contribution in [1.82, 2.24) is 10.4 Å². The quantitative estimate of drug-likeness (QED) is 0.642. The molecule has 2 aliphatic heterocycles. The van der Waals surface area contributed by atoms with E-state index in [4.69, 9.17) is 9.94 Å². The summed E-state index contributed by atoms with van der Waals surface area (Å²) in [5.74, 6) is -1.03. The van der Waals surface area contributed by atoms with Gasteiger partial charge in [0.25, 0.3) is 5.91 Å². The number of amides is 1. The van der Waals surface area contributed by atoms with E-state index < -0.39 is 5.91 Å². The molecule has 0 atom stereocenters. The second kappa shape index (κ2) is 5.01. The molecule has 2 N–H and O–H groups in total. The molecule has 2 heterocycles. The van der Waals surface area contributed by atoms with E-state index in [1.54, 1.807) is 11.5 Å². The summed E-state index contributed by atoms with van der Waals surface area (Å²) in [4.78, 5) is 13.8.